The first-order chi connectivity index (χ1) is 14.7. The van der Waals surface area contributed by atoms with E-state index >= 15 is 0 Å². The van der Waals surface area contributed by atoms with E-state index in [2.05, 4.69) is 4.72 Å². The highest BCUT2D eigenvalue weighted by Gasteiger charge is 2.19. The van der Waals surface area contributed by atoms with Gasteiger partial charge in [-0.05, 0) is 50.2 Å². The van der Waals surface area contributed by atoms with Crippen LogP contribution in [-0.2, 0) is 24.1 Å². The van der Waals surface area contributed by atoms with E-state index in [9.17, 15) is 13.2 Å². The van der Waals surface area contributed by atoms with Gasteiger partial charge in [-0.1, -0.05) is 47.2 Å². The second kappa shape index (κ2) is 7.94. The molecule has 0 spiro atoms. The number of nitrogens with zero attached hydrogens (tertiary/aromatic N) is 2. The van der Waals surface area contributed by atoms with Crippen molar-refractivity contribution in [3.05, 3.63) is 82.3 Å². The summed E-state index contributed by atoms with van der Waals surface area (Å²) in [6, 6.07) is 18.3. The lowest BCUT2D eigenvalue weighted by Crippen LogP contribution is -2.19. The summed E-state index contributed by atoms with van der Waals surface area (Å²) in [5.74, 6) is 0. The smallest absolute Gasteiger partial charge is 0.295 e. The summed E-state index contributed by atoms with van der Waals surface area (Å²) in [6.45, 7) is 3.92. The number of hydrogen-bond acceptors (Lipinski definition) is 4. The number of imidazole rings is 1. The zero-order chi connectivity index (χ0) is 22.3. The fourth-order valence-corrected chi connectivity index (χ4v) is 5.40. The zero-order valence-electron chi connectivity index (χ0n) is 17.7. The molecule has 0 saturated heterocycles. The van der Waals surface area contributed by atoms with Crippen LogP contribution >= 0.6 is 11.8 Å². The first-order valence-electron chi connectivity index (χ1n) is 9.69. The molecular formula is C23H23N3O3S2. The van der Waals surface area contributed by atoms with Crippen molar-refractivity contribution in [1.82, 2.24) is 9.13 Å². The molecule has 0 saturated carbocycles. The molecule has 4 aromatic rings. The zero-order valence-corrected chi connectivity index (χ0v) is 19.3. The quantitative estimate of drug-likeness (QED) is 0.485. The van der Waals surface area contributed by atoms with E-state index < -0.39 is 10.0 Å². The van der Waals surface area contributed by atoms with E-state index in [1.54, 1.807) is 49.0 Å². The summed E-state index contributed by atoms with van der Waals surface area (Å²) in [5.41, 5.74) is 3.78. The predicted molar refractivity (Wildman–Crippen MR) is 125 cm³/mol. The summed E-state index contributed by atoms with van der Waals surface area (Å²) in [7, 11) is -0.408. The molecule has 0 atom stereocenters. The second-order valence-corrected chi connectivity index (χ2v) is 10.4. The van der Waals surface area contributed by atoms with Crippen molar-refractivity contribution in [3.8, 4) is 0 Å². The van der Waals surface area contributed by atoms with E-state index in [1.165, 1.54) is 16.3 Å². The lowest BCUT2D eigenvalue weighted by atomic mass is 10.2. The Morgan fingerprint density at radius 2 is 1.32 bits per heavy atom. The number of anilines is 1. The average molecular weight is 454 g/mol. The summed E-state index contributed by atoms with van der Waals surface area (Å²) in [4.78, 5) is 14.3. The van der Waals surface area contributed by atoms with Crippen LogP contribution in [0.3, 0.4) is 0 Å². The minimum Gasteiger partial charge on any atom is -0.295 e. The van der Waals surface area contributed by atoms with Crippen molar-refractivity contribution in [3.63, 3.8) is 0 Å². The van der Waals surface area contributed by atoms with E-state index in [1.807, 2.05) is 44.2 Å². The number of rotatable bonds is 5. The van der Waals surface area contributed by atoms with Crippen LogP contribution in [0.4, 0.5) is 5.69 Å². The maximum atomic E-state index is 13.1. The number of aryl methyl sites for hydroxylation is 4. The topological polar surface area (TPSA) is 73.1 Å². The maximum Gasteiger partial charge on any atom is 0.328 e. The average Bonchev–Trinajstić information content (AvgIpc) is 2.94. The molecule has 0 aliphatic carbocycles. The van der Waals surface area contributed by atoms with Crippen LogP contribution < -0.4 is 10.4 Å². The Balaban J connectivity index is 1.85. The molecular weight excluding hydrogens is 430 g/mol. The Bertz CT molecular complexity index is 1430. The molecule has 1 N–H and O–H groups in total. The van der Waals surface area contributed by atoms with Gasteiger partial charge in [-0.2, -0.15) is 0 Å². The Morgan fingerprint density at radius 3 is 1.90 bits per heavy atom. The molecule has 0 aliphatic heterocycles. The van der Waals surface area contributed by atoms with E-state index in [0.717, 1.165) is 21.5 Å². The van der Waals surface area contributed by atoms with Gasteiger partial charge in [0.15, 0.2) is 0 Å². The number of nitrogens with one attached hydrogen (secondary N) is 1. The number of benzene rings is 3. The number of hydrogen-bond donors (Lipinski definition) is 1. The monoisotopic (exact) mass is 453 g/mol. The van der Waals surface area contributed by atoms with Gasteiger partial charge >= 0.3 is 5.69 Å². The van der Waals surface area contributed by atoms with E-state index in [-0.39, 0.29) is 10.6 Å². The molecule has 0 fully saturated rings. The normalized spacial score (nSPS) is 11.7. The van der Waals surface area contributed by atoms with Crippen molar-refractivity contribution in [1.29, 1.82) is 0 Å². The van der Waals surface area contributed by atoms with Crippen LogP contribution in [0.2, 0.25) is 0 Å². The van der Waals surface area contributed by atoms with Crippen LogP contribution in [0.15, 0.2) is 80.1 Å². The third kappa shape index (κ3) is 4.13. The Morgan fingerprint density at radius 1 is 0.806 bits per heavy atom. The molecule has 160 valence electrons. The van der Waals surface area contributed by atoms with Crippen LogP contribution in [0.1, 0.15) is 11.1 Å². The van der Waals surface area contributed by atoms with Crippen molar-refractivity contribution in [2.45, 2.75) is 28.5 Å². The van der Waals surface area contributed by atoms with Gasteiger partial charge in [-0.15, -0.1) is 0 Å². The molecule has 8 heteroatoms. The van der Waals surface area contributed by atoms with Gasteiger partial charge in [0.1, 0.15) is 0 Å². The molecule has 4 rings (SSSR count). The Hall–Kier alpha value is -2.97. The summed E-state index contributed by atoms with van der Waals surface area (Å²) in [6.07, 6.45) is 0. The molecule has 0 radical (unpaired) electrons. The number of aromatic nitrogens is 2. The maximum absolute atomic E-state index is 13.1. The fraction of sp³-hybridized carbons (Fsp3) is 0.174. The molecule has 6 nitrogen and oxygen atoms in total. The van der Waals surface area contributed by atoms with Crippen LogP contribution in [0.5, 0.6) is 0 Å². The fourth-order valence-electron chi connectivity index (χ4n) is 3.34. The molecule has 1 heterocycles. The van der Waals surface area contributed by atoms with Gasteiger partial charge in [0.05, 0.1) is 21.6 Å². The lowest BCUT2D eigenvalue weighted by molar-refractivity contribution is 0.601. The molecule has 1 aromatic heterocycles. The summed E-state index contributed by atoms with van der Waals surface area (Å²) < 4.78 is 31.9. The molecule has 0 amide bonds. The first-order valence-corrected chi connectivity index (χ1v) is 12.0. The van der Waals surface area contributed by atoms with E-state index in [0.29, 0.717) is 16.1 Å². The first kappa shape index (κ1) is 21.3. The van der Waals surface area contributed by atoms with Crippen molar-refractivity contribution in [2.24, 2.45) is 14.1 Å². The predicted octanol–water partition coefficient (Wildman–Crippen LogP) is 4.45. The minimum absolute atomic E-state index is 0.167. The molecule has 0 unspecified atom stereocenters. The van der Waals surface area contributed by atoms with Gasteiger partial charge in [0.2, 0.25) is 0 Å². The lowest BCUT2D eigenvalue weighted by Gasteiger charge is -2.14. The van der Waals surface area contributed by atoms with Gasteiger partial charge in [0.25, 0.3) is 10.0 Å². The molecule has 0 bridgehead atoms. The Labute approximate surface area is 185 Å². The van der Waals surface area contributed by atoms with Gasteiger partial charge < -0.3 is 0 Å². The van der Waals surface area contributed by atoms with Crippen LogP contribution in [-0.4, -0.2) is 17.6 Å². The van der Waals surface area contributed by atoms with Crippen molar-refractivity contribution >= 4 is 38.5 Å². The van der Waals surface area contributed by atoms with Gasteiger partial charge in [0, 0.05) is 23.9 Å². The largest absolute Gasteiger partial charge is 0.328 e. The Kier molecular flexibility index (Phi) is 5.45. The number of sulfonamides is 1. The van der Waals surface area contributed by atoms with Crippen molar-refractivity contribution < 1.29 is 8.42 Å². The molecule has 31 heavy (non-hydrogen) atoms. The second-order valence-electron chi connectivity index (χ2n) is 7.57. The summed E-state index contributed by atoms with van der Waals surface area (Å²) >= 11 is 1.45. The highest BCUT2D eigenvalue weighted by molar-refractivity contribution is 7.99. The third-order valence-electron chi connectivity index (χ3n) is 5.20. The SMILES string of the molecule is Cc1ccc(Sc2cc3c(cc2NS(=O)(=O)c2ccc(C)cc2)n(C)c(=O)n3C)cc1. The van der Waals surface area contributed by atoms with Crippen LogP contribution in [0.25, 0.3) is 11.0 Å². The molecule has 0 aliphatic rings. The third-order valence-corrected chi connectivity index (χ3v) is 7.64. The standard InChI is InChI=1S/C23H23N3O3S2/c1-15-5-9-17(10-6-15)30-22-14-21-20(25(3)23(27)26(21)4)13-19(22)24-31(28,29)18-11-7-16(2)8-12-18/h5-14,24H,1-4H3. The highest BCUT2D eigenvalue weighted by atomic mass is 32.2. The van der Waals surface area contributed by atoms with Crippen molar-refractivity contribution in [2.75, 3.05) is 4.72 Å². The highest BCUT2D eigenvalue weighted by Crippen LogP contribution is 2.37. The van der Waals surface area contributed by atoms with Gasteiger partial charge in [-0.3, -0.25) is 13.9 Å². The van der Waals surface area contributed by atoms with Crippen LogP contribution in [0, 0.1) is 13.8 Å². The van der Waals surface area contributed by atoms with E-state index in [4.69, 9.17) is 0 Å². The van der Waals surface area contributed by atoms with Gasteiger partial charge in [-0.25, -0.2) is 13.2 Å². The molecule has 3 aromatic carbocycles. The minimum atomic E-state index is -3.79. The summed E-state index contributed by atoms with van der Waals surface area (Å²) in [5, 5.41) is 0. The number of fused-ring (bicyclic) bond motifs is 1.